The predicted octanol–water partition coefficient (Wildman–Crippen LogP) is 4.98. The van der Waals surface area contributed by atoms with Gasteiger partial charge in [-0.2, -0.15) is 18.4 Å². The monoisotopic (exact) mass is 466 g/mol. The number of carbonyl (C=O) groups is 1. The Morgan fingerprint density at radius 2 is 1.94 bits per heavy atom. The summed E-state index contributed by atoms with van der Waals surface area (Å²) in [4.78, 5) is 17.1. The third-order valence-corrected chi connectivity index (χ3v) is 4.65. The molecule has 0 saturated carbocycles. The molecule has 34 heavy (non-hydrogen) atoms. The summed E-state index contributed by atoms with van der Waals surface area (Å²) in [5.41, 5.74) is 1.91. The van der Waals surface area contributed by atoms with Crippen LogP contribution in [0, 0.1) is 11.3 Å². The van der Waals surface area contributed by atoms with Crippen LogP contribution >= 0.6 is 0 Å². The molecular weight excluding hydrogens is 449 g/mol. The minimum Gasteiger partial charge on any atom is -0.487 e. The molecule has 4 rings (SSSR count). The van der Waals surface area contributed by atoms with Crippen molar-refractivity contribution in [3.05, 3.63) is 89.9 Å². The Labute approximate surface area is 192 Å². The number of alkyl halides is 3. The molecular formula is C24H17F3N4O3. The number of imidazole rings is 1. The maximum absolute atomic E-state index is 12.7. The number of fused-ring (bicyclic) bond motifs is 1. The van der Waals surface area contributed by atoms with Gasteiger partial charge in [-0.1, -0.05) is 12.1 Å². The van der Waals surface area contributed by atoms with E-state index in [2.05, 4.69) is 15.0 Å². The van der Waals surface area contributed by atoms with E-state index in [-0.39, 0.29) is 23.6 Å². The van der Waals surface area contributed by atoms with E-state index in [4.69, 9.17) is 4.74 Å². The summed E-state index contributed by atoms with van der Waals surface area (Å²) in [6, 6.07) is 17.7. The van der Waals surface area contributed by atoms with Gasteiger partial charge in [-0.25, -0.2) is 4.98 Å². The van der Waals surface area contributed by atoms with Gasteiger partial charge < -0.3 is 19.2 Å². The van der Waals surface area contributed by atoms with Gasteiger partial charge in [0.05, 0.1) is 11.3 Å². The van der Waals surface area contributed by atoms with Crippen molar-refractivity contribution in [1.29, 1.82) is 5.26 Å². The van der Waals surface area contributed by atoms with Crippen molar-refractivity contribution in [2.45, 2.75) is 12.8 Å². The molecule has 0 radical (unpaired) electrons. The zero-order valence-electron chi connectivity index (χ0n) is 17.5. The van der Waals surface area contributed by atoms with E-state index < -0.39 is 18.7 Å². The number of amides is 1. The summed E-state index contributed by atoms with van der Waals surface area (Å²) in [7, 11) is 0. The molecule has 0 aliphatic carbocycles. The molecule has 0 aliphatic rings. The summed E-state index contributed by atoms with van der Waals surface area (Å²) in [5, 5.41) is 11.8. The first kappa shape index (κ1) is 22.7. The molecule has 0 fully saturated rings. The fourth-order valence-corrected chi connectivity index (χ4v) is 3.12. The summed E-state index contributed by atoms with van der Waals surface area (Å²) < 4.78 is 49.4. The Kier molecular flexibility index (Phi) is 6.36. The molecule has 0 spiro atoms. The van der Waals surface area contributed by atoms with Gasteiger partial charge in [0.25, 0.3) is 5.91 Å². The molecule has 2 aromatic carbocycles. The number of carbonyl (C=O) groups excluding carboxylic acids is 1. The van der Waals surface area contributed by atoms with E-state index >= 15 is 0 Å². The molecule has 172 valence electrons. The second-order valence-electron chi connectivity index (χ2n) is 7.20. The van der Waals surface area contributed by atoms with E-state index in [1.165, 1.54) is 18.2 Å². The van der Waals surface area contributed by atoms with Crippen molar-refractivity contribution in [3.63, 3.8) is 0 Å². The molecule has 2 heterocycles. The highest BCUT2D eigenvalue weighted by Gasteiger charge is 2.29. The standard InChI is InChI=1S/C24H17F3N4O3/c25-24(26,27)15-34-21-8-7-18(10-17(21)12-28)30-23(32)16-4-3-5-20(11-16)33-14-19-13-31-9-2-1-6-22(31)29-19/h1-11,13H,14-15H2,(H,30,32). The molecule has 1 N–H and O–H groups in total. The van der Waals surface area contributed by atoms with Crippen molar-refractivity contribution in [2.24, 2.45) is 0 Å². The van der Waals surface area contributed by atoms with Gasteiger partial charge in [0, 0.05) is 23.6 Å². The molecule has 4 aromatic rings. The highest BCUT2D eigenvalue weighted by atomic mass is 19.4. The van der Waals surface area contributed by atoms with Crippen LogP contribution < -0.4 is 14.8 Å². The molecule has 7 nitrogen and oxygen atoms in total. The SMILES string of the molecule is N#Cc1cc(NC(=O)c2cccc(OCc3cn4ccccc4n3)c2)ccc1OCC(F)(F)F. The molecule has 2 aromatic heterocycles. The second kappa shape index (κ2) is 9.54. The number of aromatic nitrogens is 2. The summed E-state index contributed by atoms with van der Waals surface area (Å²) in [6.45, 7) is -1.31. The van der Waals surface area contributed by atoms with Crippen molar-refractivity contribution in [1.82, 2.24) is 9.38 Å². The normalized spacial score (nSPS) is 11.1. The van der Waals surface area contributed by atoms with Crippen molar-refractivity contribution in [3.8, 4) is 17.6 Å². The zero-order chi connectivity index (χ0) is 24.1. The highest BCUT2D eigenvalue weighted by Crippen LogP contribution is 2.25. The number of nitrogens with zero attached hydrogens (tertiary/aromatic N) is 3. The molecule has 1 amide bonds. The lowest BCUT2D eigenvalue weighted by molar-refractivity contribution is -0.153. The van der Waals surface area contributed by atoms with E-state index in [0.29, 0.717) is 11.3 Å². The summed E-state index contributed by atoms with van der Waals surface area (Å²) in [5.74, 6) is -0.246. The lowest BCUT2D eigenvalue weighted by Gasteiger charge is -2.12. The third-order valence-electron chi connectivity index (χ3n) is 4.65. The number of ether oxygens (including phenoxy) is 2. The molecule has 0 saturated heterocycles. The van der Waals surface area contributed by atoms with Crippen molar-refractivity contribution >= 4 is 17.2 Å². The molecule has 10 heteroatoms. The Morgan fingerprint density at radius 1 is 1.09 bits per heavy atom. The number of pyridine rings is 1. The third kappa shape index (κ3) is 5.63. The number of halogens is 3. The Hall–Kier alpha value is -4.52. The summed E-state index contributed by atoms with van der Waals surface area (Å²) >= 11 is 0. The van der Waals surface area contributed by atoms with Crippen LogP contribution in [0.5, 0.6) is 11.5 Å². The number of benzene rings is 2. The van der Waals surface area contributed by atoms with Crippen LogP contribution in [0.4, 0.5) is 18.9 Å². The first-order valence-corrected chi connectivity index (χ1v) is 10.0. The fourth-order valence-electron chi connectivity index (χ4n) is 3.12. The average Bonchev–Trinajstić information content (AvgIpc) is 3.24. The van der Waals surface area contributed by atoms with Crippen LogP contribution in [0.3, 0.4) is 0 Å². The first-order valence-electron chi connectivity index (χ1n) is 10.0. The van der Waals surface area contributed by atoms with E-state index in [1.807, 2.05) is 35.0 Å². The largest absolute Gasteiger partial charge is 0.487 e. The fraction of sp³-hybridized carbons (Fsp3) is 0.125. The van der Waals surface area contributed by atoms with E-state index in [1.54, 1.807) is 30.3 Å². The Balaban J connectivity index is 1.41. The van der Waals surface area contributed by atoms with Crippen LogP contribution in [0.1, 0.15) is 21.6 Å². The lowest BCUT2D eigenvalue weighted by Crippen LogP contribution is -2.19. The predicted molar refractivity (Wildman–Crippen MR) is 117 cm³/mol. The van der Waals surface area contributed by atoms with E-state index in [9.17, 15) is 23.2 Å². The maximum atomic E-state index is 12.7. The van der Waals surface area contributed by atoms with Gasteiger partial charge in [0.2, 0.25) is 0 Å². The first-order chi connectivity index (χ1) is 16.3. The molecule has 0 aliphatic heterocycles. The maximum Gasteiger partial charge on any atom is 0.422 e. The number of nitrogens with one attached hydrogen (secondary N) is 1. The van der Waals surface area contributed by atoms with Gasteiger partial charge in [-0.15, -0.1) is 0 Å². The van der Waals surface area contributed by atoms with Crippen LogP contribution in [0.15, 0.2) is 73.1 Å². The zero-order valence-corrected chi connectivity index (χ0v) is 17.5. The highest BCUT2D eigenvalue weighted by molar-refractivity contribution is 6.04. The van der Waals surface area contributed by atoms with Crippen LogP contribution in [-0.4, -0.2) is 28.1 Å². The lowest BCUT2D eigenvalue weighted by atomic mass is 10.1. The number of rotatable bonds is 7. The Bertz CT molecular complexity index is 1340. The molecule has 0 atom stereocenters. The van der Waals surface area contributed by atoms with Gasteiger partial charge in [0.15, 0.2) is 6.61 Å². The summed E-state index contributed by atoms with van der Waals surface area (Å²) in [6.07, 6.45) is -0.803. The number of hydrogen-bond donors (Lipinski definition) is 1. The number of nitriles is 1. The minimum atomic E-state index is -4.53. The van der Waals surface area contributed by atoms with Crippen LogP contribution in [0.25, 0.3) is 5.65 Å². The number of anilines is 1. The van der Waals surface area contributed by atoms with Crippen molar-refractivity contribution < 1.29 is 27.4 Å². The average molecular weight is 466 g/mol. The van der Waals surface area contributed by atoms with Gasteiger partial charge in [0.1, 0.15) is 29.8 Å². The quantitative estimate of drug-likeness (QED) is 0.415. The van der Waals surface area contributed by atoms with Crippen molar-refractivity contribution in [2.75, 3.05) is 11.9 Å². The topological polar surface area (TPSA) is 88.7 Å². The smallest absolute Gasteiger partial charge is 0.422 e. The molecule has 0 bridgehead atoms. The molecule has 0 unspecified atom stereocenters. The van der Waals surface area contributed by atoms with Crippen LogP contribution in [-0.2, 0) is 6.61 Å². The van der Waals surface area contributed by atoms with Crippen LogP contribution in [0.2, 0.25) is 0 Å². The van der Waals surface area contributed by atoms with Gasteiger partial charge >= 0.3 is 6.18 Å². The van der Waals surface area contributed by atoms with Gasteiger partial charge in [-0.05, 0) is 48.5 Å². The van der Waals surface area contributed by atoms with Gasteiger partial charge in [-0.3, -0.25) is 4.79 Å². The van der Waals surface area contributed by atoms with E-state index in [0.717, 1.165) is 11.3 Å². The number of hydrogen-bond acceptors (Lipinski definition) is 5. The second-order valence-corrected chi connectivity index (χ2v) is 7.20. The minimum absolute atomic E-state index is 0.133. The Morgan fingerprint density at radius 3 is 2.71 bits per heavy atom.